The molecule has 0 radical (unpaired) electrons. The highest BCUT2D eigenvalue weighted by molar-refractivity contribution is 5.99. The Hall–Kier alpha value is -2.77. The molecule has 154 valence electrons. The van der Waals surface area contributed by atoms with E-state index in [1.807, 2.05) is 0 Å². The Morgan fingerprint density at radius 3 is 2.21 bits per heavy atom. The number of rotatable bonds is 8. The molecule has 1 aliphatic heterocycles. The number of carbonyl (C=O) groups excluding carboxylic acids is 2. The lowest BCUT2D eigenvalue weighted by Gasteiger charge is -2.26. The summed E-state index contributed by atoms with van der Waals surface area (Å²) in [6.07, 6.45) is 0.605. The van der Waals surface area contributed by atoms with Crippen molar-refractivity contribution in [2.75, 3.05) is 45.9 Å². The second kappa shape index (κ2) is 10.7. The summed E-state index contributed by atoms with van der Waals surface area (Å²) in [7, 11) is 0. The lowest BCUT2D eigenvalue weighted by atomic mass is 10.1. The standard InChI is InChI=1S/C22H26FN3O3/c23-20-6-4-17(5-7-20)8-9-24-21(27)18-2-1-3-19(16-18)22(28)25-10-11-26-12-14-29-15-13-26/h1-7,16H,8-15H2,(H,24,27)(H,25,28). The van der Waals surface area contributed by atoms with Gasteiger partial charge in [0.05, 0.1) is 13.2 Å². The van der Waals surface area contributed by atoms with Crippen LogP contribution in [-0.2, 0) is 11.2 Å². The molecule has 2 aromatic rings. The van der Waals surface area contributed by atoms with Crippen molar-refractivity contribution in [3.63, 3.8) is 0 Å². The van der Waals surface area contributed by atoms with Crippen LogP contribution in [0.5, 0.6) is 0 Å². The molecule has 1 aliphatic rings. The van der Waals surface area contributed by atoms with E-state index in [0.717, 1.165) is 38.4 Å². The van der Waals surface area contributed by atoms with Gasteiger partial charge in [-0.15, -0.1) is 0 Å². The van der Waals surface area contributed by atoms with E-state index in [9.17, 15) is 14.0 Å². The zero-order chi connectivity index (χ0) is 20.5. The molecule has 1 heterocycles. The van der Waals surface area contributed by atoms with Gasteiger partial charge in [-0.25, -0.2) is 4.39 Å². The predicted molar refractivity (Wildman–Crippen MR) is 108 cm³/mol. The number of morpholine rings is 1. The quantitative estimate of drug-likeness (QED) is 0.711. The zero-order valence-corrected chi connectivity index (χ0v) is 16.3. The maximum Gasteiger partial charge on any atom is 0.251 e. The summed E-state index contributed by atoms with van der Waals surface area (Å²) in [5, 5.41) is 5.73. The Balaban J connectivity index is 1.45. The van der Waals surface area contributed by atoms with Gasteiger partial charge in [0.25, 0.3) is 11.8 Å². The highest BCUT2D eigenvalue weighted by Crippen LogP contribution is 2.07. The van der Waals surface area contributed by atoms with Gasteiger partial charge in [0.15, 0.2) is 0 Å². The molecule has 6 nitrogen and oxygen atoms in total. The first kappa shape index (κ1) is 21.0. The fraction of sp³-hybridized carbons (Fsp3) is 0.364. The molecule has 0 atom stereocenters. The van der Waals surface area contributed by atoms with Crippen LogP contribution in [0.25, 0.3) is 0 Å². The second-order valence-corrected chi connectivity index (χ2v) is 6.92. The van der Waals surface area contributed by atoms with Crippen LogP contribution in [0.2, 0.25) is 0 Å². The number of amides is 2. The van der Waals surface area contributed by atoms with Gasteiger partial charge in [-0.1, -0.05) is 18.2 Å². The first-order valence-corrected chi connectivity index (χ1v) is 9.83. The molecule has 1 saturated heterocycles. The number of halogens is 1. The molecule has 0 saturated carbocycles. The molecular weight excluding hydrogens is 373 g/mol. The maximum absolute atomic E-state index is 12.9. The molecule has 0 unspecified atom stereocenters. The van der Waals surface area contributed by atoms with Crippen molar-refractivity contribution in [3.05, 3.63) is 71.0 Å². The molecule has 0 bridgehead atoms. The molecule has 29 heavy (non-hydrogen) atoms. The normalized spacial score (nSPS) is 14.4. The third kappa shape index (κ3) is 6.66. The van der Waals surface area contributed by atoms with E-state index in [1.165, 1.54) is 12.1 Å². The monoisotopic (exact) mass is 399 g/mol. The van der Waals surface area contributed by atoms with E-state index >= 15 is 0 Å². The number of ether oxygens (including phenoxy) is 1. The number of hydrogen-bond acceptors (Lipinski definition) is 4. The third-order valence-corrected chi connectivity index (χ3v) is 4.82. The Morgan fingerprint density at radius 1 is 0.931 bits per heavy atom. The second-order valence-electron chi connectivity index (χ2n) is 6.92. The van der Waals surface area contributed by atoms with E-state index in [-0.39, 0.29) is 17.6 Å². The summed E-state index contributed by atoms with van der Waals surface area (Å²) in [5.74, 6) is -0.716. The number of nitrogens with zero attached hydrogens (tertiary/aromatic N) is 1. The fourth-order valence-corrected chi connectivity index (χ4v) is 3.13. The molecule has 0 aliphatic carbocycles. The summed E-state index contributed by atoms with van der Waals surface area (Å²) < 4.78 is 18.2. The van der Waals surface area contributed by atoms with Crippen molar-refractivity contribution < 1.29 is 18.7 Å². The van der Waals surface area contributed by atoms with Crippen molar-refractivity contribution in [1.29, 1.82) is 0 Å². The molecule has 2 aromatic carbocycles. The molecular formula is C22H26FN3O3. The highest BCUT2D eigenvalue weighted by atomic mass is 19.1. The molecule has 1 fully saturated rings. The van der Waals surface area contributed by atoms with Crippen LogP contribution in [-0.4, -0.2) is 62.7 Å². The van der Waals surface area contributed by atoms with Crippen LogP contribution in [0.4, 0.5) is 4.39 Å². The zero-order valence-electron chi connectivity index (χ0n) is 16.3. The van der Waals surface area contributed by atoms with Crippen LogP contribution in [0.15, 0.2) is 48.5 Å². The highest BCUT2D eigenvalue weighted by Gasteiger charge is 2.12. The van der Waals surface area contributed by atoms with Crippen molar-refractivity contribution in [2.45, 2.75) is 6.42 Å². The molecule has 2 amide bonds. The lowest BCUT2D eigenvalue weighted by molar-refractivity contribution is 0.0383. The minimum absolute atomic E-state index is 0.195. The van der Waals surface area contributed by atoms with Crippen molar-refractivity contribution in [2.24, 2.45) is 0 Å². The van der Waals surface area contributed by atoms with Crippen molar-refractivity contribution in [3.8, 4) is 0 Å². The largest absolute Gasteiger partial charge is 0.379 e. The van der Waals surface area contributed by atoms with Gasteiger partial charge in [0.1, 0.15) is 5.82 Å². The molecule has 0 aromatic heterocycles. The van der Waals surface area contributed by atoms with Crippen LogP contribution in [0, 0.1) is 5.82 Å². The van der Waals surface area contributed by atoms with E-state index in [4.69, 9.17) is 4.74 Å². The number of benzene rings is 2. The Kier molecular flexibility index (Phi) is 7.72. The smallest absolute Gasteiger partial charge is 0.251 e. The number of hydrogen-bond donors (Lipinski definition) is 2. The minimum atomic E-state index is -0.280. The average Bonchev–Trinajstić information content (AvgIpc) is 2.76. The van der Waals surface area contributed by atoms with E-state index in [0.29, 0.717) is 30.6 Å². The average molecular weight is 399 g/mol. The van der Waals surface area contributed by atoms with Gasteiger partial charge in [0, 0.05) is 43.9 Å². The van der Waals surface area contributed by atoms with Gasteiger partial charge in [-0.2, -0.15) is 0 Å². The summed E-state index contributed by atoms with van der Waals surface area (Å²) in [6, 6.07) is 12.9. The molecule has 7 heteroatoms. The molecule has 0 spiro atoms. The van der Waals surface area contributed by atoms with Gasteiger partial charge < -0.3 is 15.4 Å². The van der Waals surface area contributed by atoms with Crippen LogP contribution >= 0.6 is 0 Å². The van der Waals surface area contributed by atoms with Gasteiger partial charge in [0.2, 0.25) is 0 Å². The van der Waals surface area contributed by atoms with Crippen LogP contribution in [0.3, 0.4) is 0 Å². The Labute approximate surface area is 170 Å². The first-order valence-electron chi connectivity index (χ1n) is 9.83. The predicted octanol–water partition coefficient (Wildman–Crippen LogP) is 1.86. The van der Waals surface area contributed by atoms with Gasteiger partial charge in [-0.05, 0) is 42.3 Å². The van der Waals surface area contributed by atoms with Gasteiger partial charge in [-0.3, -0.25) is 14.5 Å². The topological polar surface area (TPSA) is 70.7 Å². The number of carbonyl (C=O) groups is 2. The Bertz CT molecular complexity index is 820. The lowest BCUT2D eigenvalue weighted by Crippen LogP contribution is -2.41. The summed E-state index contributed by atoms with van der Waals surface area (Å²) >= 11 is 0. The van der Waals surface area contributed by atoms with E-state index in [2.05, 4.69) is 15.5 Å². The van der Waals surface area contributed by atoms with E-state index in [1.54, 1.807) is 36.4 Å². The summed E-state index contributed by atoms with van der Waals surface area (Å²) in [6.45, 7) is 4.97. The minimum Gasteiger partial charge on any atom is -0.379 e. The summed E-state index contributed by atoms with van der Waals surface area (Å²) in [4.78, 5) is 27.0. The fourth-order valence-electron chi connectivity index (χ4n) is 3.13. The first-order chi connectivity index (χ1) is 14.1. The molecule has 2 N–H and O–H groups in total. The van der Waals surface area contributed by atoms with E-state index < -0.39 is 0 Å². The molecule has 3 rings (SSSR count). The van der Waals surface area contributed by atoms with Crippen LogP contribution < -0.4 is 10.6 Å². The van der Waals surface area contributed by atoms with Crippen molar-refractivity contribution >= 4 is 11.8 Å². The SMILES string of the molecule is O=C(NCCc1ccc(F)cc1)c1cccc(C(=O)NCCN2CCOCC2)c1. The van der Waals surface area contributed by atoms with Crippen LogP contribution in [0.1, 0.15) is 26.3 Å². The number of nitrogens with one attached hydrogen (secondary N) is 2. The third-order valence-electron chi connectivity index (χ3n) is 4.82. The Morgan fingerprint density at radius 2 is 1.55 bits per heavy atom. The maximum atomic E-state index is 12.9. The van der Waals surface area contributed by atoms with Gasteiger partial charge >= 0.3 is 0 Å². The van der Waals surface area contributed by atoms with Crippen molar-refractivity contribution in [1.82, 2.24) is 15.5 Å². The summed E-state index contributed by atoms with van der Waals surface area (Å²) in [5.41, 5.74) is 1.84.